The Kier molecular flexibility index (Phi) is 1.94. The smallest absolute Gasteiger partial charge is 0.335 e. The van der Waals surface area contributed by atoms with Crippen molar-refractivity contribution in [1.29, 1.82) is 0 Å². The molecular weight excluding hydrogens is 184 g/mol. The van der Waals surface area contributed by atoms with Gasteiger partial charge < -0.3 is 15.4 Å². The molecule has 1 aromatic carbocycles. The van der Waals surface area contributed by atoms with Crippen molar-refractivity contribution in [3.63, 3.8) is 0 Å². The zero-order valence-corrected chi connectivity index (χ0v) is 7.23. The van der Waals surface area contributed by atoms with Crippen LogP contribution in [0.5, 0.6) is 0 Å². The number of aromatic carboxylic acids is 1. The molecule has 2 rings (SSSR count). The molecule has 14 heavy (non-hydrogen) atoms. The third-order valence-electron chi connectivity index (χ3n) is 1.99. The lowest BCUT2D eigenvalue weighted by molar-refractivity contribution is 0.0697. The molecule has 0 saturated heterocycles. The average Bonchev–Trinajstić information content (AvgIpc) is 2.59. The molecule has 0 unspecified atom stereocenters. The van der Waals surface area contributed by atoms with Crippen LogP contribution in [-0.4, -0.2) is 16.2 Å². The maximum atomic E-state index is 10.6. The second-order valence-corrected chi connectivity index (χ2v) is 2.85. The molecular formula is C9H8N2O3. The number of aromatic nitrogens is 1. The zero-order valence-electron chi connectivity index (χ0n) is 7.23. The van der Waals surface area contributed by atoms with Crippen LogP contribution in [-0.2, 0) is 6.54 Å². The normalized spacial score (nSPS) is 10.6. The average molecular weight is 192 g/mol. The van der Waals surface area contributed by atoms with Crippen LogP contribution in [0, 0.1) is 0 Å². The number of nitrogens with two attached hydrogens (primary N) is 1. The van der Waals surface area contributed by atoms with E-state index in [1.165, 1.54) is 12.1 Å². The summed E-state index contributed by atoms with van der Waals surface area (Å²) in [6, 6.07) is 4.59. The molecule has 0 radical (unpaired) electrons. The predicted octanol–water partition coefficient (Wildman–Crippen LogP) is 0.985. The van der Waals surface area contributed by atoms with Crippen LogP contribution in [0.25, 0.3) is 11.0 Å². The van der Waals surface area contributed by atoms with Crippen LogP contribution in [0.15, 0.2) is 22.7 Å². The topological polar surface area (TPSA) is 89.4 Å². The summed E-state index contributed by atoms with van der Waals surface area (Å²) in [6.07, 6.45) is 0. The molecule has 0 aliphatic carbocycles. The predicted molar refractivity (Wildman–Crippen MR) is 48.9 cm³/mol. The van der Waals surface area contributed by atoms with Crippen molar-refractivity contribution in [3.8, 4) is 0 Å². The summed E-state index contributed by atoms with van der Waals surface area (Å²) >= 11 is 0. The number of benzene rings is 1. The first-order valence-electron chi connectivity index (χ1n) is 4.04. The first-order valence-corrected chi connectivity index (χ1v) is 4.04. The van der Waals surface area contributed by atoms with E-state index < -0.39 is 5.97 Å². The van der Waals surface area contributed by atoms with E-state index in [1.54, 1.807) is 6.07 Å². The van der Waals surface area contributed by atoms with Gasteiger partial charge in [0, 0.05) is 11.9 Å². The molecule has 5 heteroatoms. The lowest BCUT2D eigenvalue weighted by Crippen LogP contribution is -1.97. The van der Waals surface area contributed by atoms with Crippen LogP contribution in [0.3, 0.4) is 0 Å². The Balaban J connectivity index is 2.63. The Morgan fingerprint density at radius 3 is 3.00 bits per heavy atom. The summed E-state index contributed by atoms with van der Waals surface area (Å²) in [4.78, 5) is 10.6. The summed E-state index contributed by atoms with van der Waals surface area (Å²) in [5.74, 6) is -0.988. The molecule has 1 aromatic heterocycles. The van der Waals surface area contributed by atoms with Gasteiger partial charge in [0.2, 0.25) is 0 Å². The van der Waals surface area contributed by atoms with E-state index in [0.717, 1.165) is 5.39 Å². The molecule has 0 fully saturated rings. The van der Waals surface area contributed by atoms with Crippen molar-refractivity contribution in [1.82, 2.24) is 5.16 Å². The number of hydrogen-bond acceptors (Lipinski definition) is 4. The fourth-order valence-corrected chi connectivity index (χ4v) is 1.27. The van der Waals surface area contributed by atoms with Crippen LogP contribution in [0.1, 0.15) is 16.1 Å². The monoisotopic (exact) mass is 192 g/mol. The number of carbonyl (C=O) groups is 1. The molecule has 3 N–H and O–H groups in total. The van der Waals surface area contributed by atoms with E-state index in [1.807, 2.05) is 0 Å². The summed E-state index contributed by atoms with van der Waals surface area (Å²) in [7, 11) is 0. The SMILES string of the molecule is NCc1noc2cc(C(=O)O)ccc12. The molecule has 0 aliphatic rings. The van der Waals surface area contributed by atoms with Gasteiger partial charge in [-0.1, -0.05) is 5.16 Å². The molecule has 0 aliphatic heterocycles. The van der Waals surface area contributed by atoms with Crippen molar-refractivity contribution in [3.05, 3.63) is 29.5 Å². The van der Waals surface area contributed by atoms with Crippen molar-refractivity contribution < 1.29 is 14.4 Å². The molecule has 0 spiro atoms. The fourth-order valence-electron chi connectivity index (χ4n) is 1.27. The minimum Gasteiger partial charge on any atom is -0.478 e. The number of hydrogen-bond donors (Lipinski definition) is 2. The largest absolute Gasteiger partial charge is 0.478 e. The van der Waals surface area contributed by atoms with E-state index in [4.69, 9.17) is 15.4 Å². The first-order chi connectivity index (χ1) is 6.72. The van der Waals surface area contributed by atoms with Gasteiger partial charge in [-0.05, 0) is 18.2 Å². The fraction of sp³-hybridized carbons (Fsp3) is 0.111. The Hall–Kier alpha value is -1.88. The molecule has 5 nitrogen and oxygen atoms in total. The van der Waals surface area contributed by atoms with Crippen molar-refractivity contribution in [2.45, 2.75) is 6.54 Å². The van der Waals surface area contributed by atoms with Gasteiger partial charge in [0.25, 0.3) is 0 Å². The van der Waals surface area contributed by atoms with Gasteiger partial charge in [0.15, 0.2) is 5.58 Å². The summed E-state index contributed by atoms with van der Waals surface area (Å²) in [6.45, 7) is 0.277. The Bertz CT molecular complexity index is 490. The van der Waals surface area contributed by atoms with E-state index >= 15 is 0 Å². The van der Waals surface area contributed by atoms with Crippen molar-refractivity contribution >= 4 is 16.9 Å². The van der Waals surface area contributed by atoms with Crippen LogP contribution >= 0.6 is 0 Å². The maximum absolute atomic E-state index is 10.6. The molecule has 1 heterocycles. The second-order valence-electron chi connectivity index (χ2n) is 2.85. The van der Waals surface area contributed by atoms with Gasteiger partial charge in [-0.3, -0.25) is 0 Å². The molecule has 0 saturated carbocycles. The molecule has 72 valence electrons. The van der Waals surface area contributed by atoms with Gasteiger partial charge >= 0.3 is 5.97 Å². The van der Waals surface area contributed by atoms with Gasteiger partial charge in [-0.25, -0.2) is 4.79 Å². The van der Waals surface area contributed by atoms with Gasteiger partial charge in [0.05, 0.1) is 5.56 Å². The van der Waals surface area contributed by atoms with E-state index in [2.05, 4.69) is 5.16 Å². The Morgan fingerprint density at radius 1 is 1.57 bits per heavy atom. The summed E-state index contributed by atoms with van der Waals surface area (Å²) < 4.78 is 4.94. The summed E-state index contributed by atoms with van der Waals surface area (Å²) in [5, 5.41) is 13.2. The molecule has 2 aromatic rings. The molecule has 0 amide bonds. The molecule has 0 bridgehead atoms. The number of fused-ring (bicyclic) bond motifs is 1. The van der Waals surface area contributed by atoms with E-state index in [9.17, 15) is 4.79 Å². The number of rotatable bonds is 2. The zero-order chi connectivity index (χ0) is 10.1. The van der Waals surface area contributed by atoms with Crippen LogP contribution in [0.4, 0.5) is 0 Å². The number of carboxylic acids is 1. The quantitative estimate of drug-likeness (QED) is 0.740. The lowest BCUT2D eigenvalue weighted by Gasteiger charge is -1.93. The van der Waals surface area contributed by atoms with E-state index in [0.29, 0.717) is 11.3 Å². The van der Waals surface area contributed by atoms with Gasteiger partial charge in [-0.15, -0.1) is 0 Å². The maximum Gasteiger partial charge on any atom is 0.335 e. The van der Waals surface area contributed by atoms with Gasteiger partial charge in [0.1, 0.15) is 5.69 Å². The Labute approximate surface area is 79.1 Å². The highest BCUT2D eigenvalue weighted by Crippen LogP contribution is 2.19. The third-order valence-corrected chi connectivity index (χ3v) is 1.99. The lowest BCUT2D eigenvalue weighted by atomic mass is 10.1. The van der Waals surface area contributed by atoms with Gasteiger partial charge in [-0.2, -0.15) is 0 Å². The first kappa shape index (κ1) is 8.71. The number of nitrogens with zero attached hydrogens (tertiary/aromatic N) is 1. The minimum absolute atomic E-state index is 0.178. The van der Waals surface area contributed by atoms with Crippen molar-refractivity contribution in [2.75, 3.05) is 0 Å². The summed E-state index contributed by atoms with van der Waals surface area (Å²) in [5.41, 5.74) is 6.68. The van der Waals surface area contributed by atoms with E-state index in [-0.39, 0.29) is 12.1 Å². The van der Waals surface area contributed by atoms with Crippen molar-refractivity contribution in [2.24, 2.45) is 5.73 Å². The van der Waals surface area contributed by atoms with Crippen LogP contribution in [0.2, 0.25) is 0 Å². The standard InChI is InChI=1S/C9H8N2O3/c10-4-7-6-2-1-5(9(12)13)3-8(6)14-11-7/h1-3H,4,10H2,(H,12,13). The second kappa shape index (κ2) is 3.12. The van der Waals surface area contributed by atoms with Crippen LogP contribution < -0.4 is 5.73 Å². The number of carboxylic acid groups (broad SMARTS) is 1. The highest BCUT2D eigenvalue weighted by molar-refractivity contribution is 5.93. The minimum atomic E-state index is -0.988. The Morgan fingerprint density at radius 2 is 2.36 bits per heavy atom. The highest BCUT2D eigenvalue weighted by atomic mass is 16.5. The third kappa shape index (κ3) is 1.23. The molecule has 0 atom stereocenters. The highest BCUT2D eigenvalue weighted by Gasteiger charge is 2.09.